The van der Waals surface area contributed by atoms with Crippen LogP contribution in [-0.4, -0.2) is 48.2 Å². The van der Waals surface area contributed by atoms with Crippen molar-refractivity contribution in [2.24, 2.45) is 0 Å². The van der Waals surface area contributed by atoms with Crippen LogP contribution in [0.4, 0.5) is 9.93 Å². The number of hydrogen-bond acceptors (Lipinski definition) is 7. The normalized spacial score (nSPS) is 13.4. The molecule has 30 heavy (non-hydrogen) atoms. The molecule has 1 aliphatic rings. The van der Waals surface area contributed by atoms with Crippen LogP contribution in [0, 0.1) is 0 Å². The summed E-state index contributed by atoms with van der Waals surface area (Å²) in [4.78, 5) is 32.0. The number of thiazole rings is 1. The van der Waals surface area contributed by atoms with E-state index in [-0.39, 0.29) is 18.4 Å². The van der Waals surface area contributed by atoms with Crippen molar-refractivity contribution in [2.45, 2.75) is 45.8 Å². The fourth-order valence-corrected chi connectivity index (χ4v) is 4.11. The topological polar surface area (TPSA) is 90.0 Å². The number of nitrogens with one attached hydrogen (secondary N) is 1. The summed E-state index contributed by atoms with van der Waals surface area (Å²) in [6.45, 7) is 6.52. The summed E-state index contributed by atoms with van der Waals surface area (Å²) in [6, 6.07) is 5.34. The number of rotatable bonds is 5. The van der Waals surface area contributed by atoms with Crippen LogP contribution in [0.5, 0.6) is 11.5 Å². The van der Waals surface area contributed by atoms with Gasteiger partial charge >= 0.3 is 6.09 Å². The quantitative estimate of drug-likeness (QED) is 0.774. The molecule has 1 aromatic heterocycles. The second-order valence-electron chi connectivity index (χ2n) is 7.94. The SMILES string of the molecule is COc1ccc(CC(=O)Nc2nc3c(s2)CN(C(=O)OC(C)(C)C)CC3)c(OC)c1. The smallest absolute Gasteiger partial charge is 0.410 e. The molecular weight excluding hydrogens is 406 g/mol. The maximum atomic E-state index is 12.5. The Morgan fingerprint density at radius 2 is 2.00 bits per heavy atom. The summed E-state index contributed by atoms with van der Waals surface area (Å²) < 4.78 is 16.0. The number of anilines is 1. The van der Waals surface area contributed by atoms with Crippen molar-refractivity contribution in [1.82, 2.24) is 9.88 Å². The number of fused-ring (bicyclic) bond motifs is 1. The summed E-state index contributed by atoms with van der Waals surface area (Å²) in [5.41, 5.74) is 1.14. The highest BCUT2D eigenvalue weighted by molar-refractivity contribution is 7.15. The number of aromatic nitrogens is 1. The van der Waals surface area contributed by atoms with E-state index in [4.69, 9.17) is 14.2 Å². The van der Waals surface area contributed by atoms with Gasteiger partial charge in [0.15, 0.2) is 5.13 Å². The monoisotopic (exact) mass is 433 g/mol. The summed E-state index contributed by atoms with van der Waals surface area (Å²) in [6.07, 6.45) is 0.452. The van der Waals surface area contributed by atoms with Gasteiger partial charge in [0.1, 0.15) is 17.1 Å². The first-order chi connectivity index (χ1) is 14.2. The van der Waals surface area contributed by atoms with E-state index in [9.17, 15) is 9.59 Å². The van der Waals surface area contributed by atoms with Gasteiger partial charge in [0.2, 0.25) is 5.91 Å². The van der Waals surface area contributed by atoms with Gasteiger partial charge < -0.3 is 24.4 Å². The van der Waals surface area contributed by atoms with E-state index in [0.717, 1.165) is 16.1 Å². The van der Waals surface area contributed by atoms with Crippen LogP contribution in [0.15, 0.2) is 18.2 Å². The van der Waals surface area contributed by atoms with Gasteiger partial charge in [0.25, 0.3) is 0 Å². The molecule has 0 saturated carbocycles. The van der Waals surface area contributed by atoms with Gasteiger partial charge in [-0.3, -0.25) is 4.79 Å². The zero-order valence-electron chi connectivity index (χ0n) is 17.9. The van der Waals surface area contributed by atoms with Gasteiger partial charge in [-0.1, -0.05) is 17.4 Å². The van der Waals surface area contributed by atoms with Gasteiger partial charge in [0, 0.05) is 29.5 Å². The van der Waals surface area contributed by atoms with Gasteiger partial charge in [-0.25, -0.2) is 9.78 Å². The lowest BCUT2D eigenvalue weighted by molar-refractivity contribution is -0.115. The summed E-state index contributed by atoms with van der Waals surface area (Å²) in [7, 11) is 3.14. The second-order valence-corrected chi connectivity index (χ2v) is 9.03. The minimum Gasteiger partial charge on any atom is -0.497 e. The predicted octanol–water partition coefficient (Wildman–Crippen LogP) is 3.63. The van der Waals surface area contributed by atoms with Crippen molar-refractivity contribution in [3.63, 3.8) is 0 Å². The molecule has 3 rings (SSSR count). The largest absolute Gasteiger partial charge is 0.497 e. The Labute approximate surface area is 180 Å². The molecule has 1 aromatic carbocycles. The highest BCUT2D eigenvalue weighted by atomic mass is 32.1. The van der Waals surface area contributed by atoms with E-state index < -0.39 is 5.60 Å². The molecule has 0 saturated heterocycles. The Hall–Kier alpha value is -2.81. The number of methoxy groups -OCH3 is 2. The van der Waals surface area contributed by atoms with E-state index in [1.807, 2.05) is 26.8 Å². The molecule has 2 amide bonds. The maximum absolute atomic E-state index is 12.5. The number of hydrogen-bond donors (Lipinski definition) is 1. The number of carbonyl (C=O) groups is 2. The Bertz CT molecular complexity index is 935. The molecule has 0 spiro atoms. The molecule has 1 aliphatic heterocycles. The predicted molar refractivity (Wildman–Crippen MR) is 114 cm³/mol. The average molecular weight is 434 g/mol. The van der Waals surface area contributed by atoms with Gasteiger partial charge in [-0.05, 0) is 26.8 Å². The summed E-state index contributed by atoms with van der Waals surface area (Å²) in [5, 5.41) is 3.39. The average Bonchev–Trinajstić information content (AvgIpc) is 3.08. The zero-order chi connectivity index (χ0) is 21.9. The first kappa shape index (κ1) is 21.9. The molecule has 0 fully saturated rings. The van der Waals surface area contributed by atoms with E-state index in [2.05, 4.69) is 10.3 Å². The van der Waals surface area contributed by atoms with Crippen molar-refractivity contribution >= 4 is 28.5 Å². The maximum Gasteiger partial charge on any atom is 0.410 e. The molecule has 2 aromatic rings. The molecule has 0 atom stereocenters. The van der Waals surface area contributed by atoms with Crippen molar-refractivity contribution in [2.75, 3.05) is 26.1 Å². The van der Waals surface area contributed by atoms with Crippen molar-refractivity contribution in [3.05, 3.63) is 34.3 Å². The molecule has 0 aliphatic carbocycles. The lowest BCUT2D eigenvalue weighted by Crippen LogP contribution is -2.39. The van der Waals surface area contributed by atoms with Gasteiger partial charge in [-0.15, -0.1) is 0 Å². The first-order valence-corrected chi connectivity index (χ1v) is 10.5. The Morgan fingerprint density at radius 3 is 2.67 bits per heavy atom. The highest BCUT2D eigenvalue weighted by Gasteiger charge is 2.28. The third-order valence-corrected chi connectivity index (χ3v) is 5.47. The third-order valence-electron chi connectivity index (χ3n) is 4.47. The lowest BCUT2D eigenvalue weighted by atomic mass is 10.1. The summed E-state index contributed by atoms with van der Waals surface area (Å²) >= 11 is 1.39. The fourth-order valence-electron chi connectivity index (χ4n) is 3.07. The number of ether oxygens (including phenoxy) is 3. The number of benzene rings is 1. The van der Waals surface area contributed by atoms with Crippen LogP contribution in [0.25, 0.3) is 0 Å². The van der Waals surface area contributed by atoms with Gasteiger partial charge in [0.05, 0.1) is 32.9 Å². The standard InChI is InChI=1S/C21H27N3O5S/c1-21(2,3)29-20(26)24-9-8-15-17(12-24)30-19(22-15)23-18(25)10-13-6-7-14(27-4)11-16(13)28-5/h6-7,11H,8-10,12H2,1-5H3,(H,22,23,25). The van der Waals surface area contributed by atoms with Crippen LogP contribution in [0.1, 0.15) is 36.9 Å². The molecule has 2 heterocycles. The van der Waals surface area contributed by atoms with Gasteiger partial charge in [-0.2, -0.15) is 0 Å². The lowest BCUT2D eigenvalue weighted by Gasteiger charge is -2.29. The van der Waals surface area contributed by atoms with Crippen molar-refractivity contribution in [3.8, 4) is 11.5 Å². The van der Waals surface area contributed by atoms with Crippen LogP contribution in [0.3, 0.4) is 0 Å². The van der Waals surface area contributed by atoms with Crippen LogP contribution in [-0.2, 0) is 28.9 Å². The highest BCUT2D eigenvalue weighted by Crippen LogP contribution is 2.30. The number of carbonyl (C=O) groups excluding carboxylic acids is 2. The first-order valence-electron chi connectivity index (χ1n) is 9.66. The van der Waals surface area contributed by atoms with Crippen LogP contribution < -0.4 is 14.8 Å². The molecule has 0 bridgehead atoms. The number of amides is 2. The molecular formula is C21H27N3O5S. The minimum atomic E-state index is -0.535. The molecule has 8 nitrogen and oxygen atoms in total. The van der Waals surface area contributed by atoms with Crippen LogP contribution in [0.2, 0.25) is 0 Å². The Balaban J connectivity index is 1.63. The van der Waals surface area contributed by atoms with E-state index in [1.165, 1.54) is 11.3 Å². The third kappa shape index (κ3) is 5.41. The minimum absolute atomic E-state index is 0.154. The van der Waals surface area contributed by atoms with E-state index in [1.54, 1.807) is 31.3 Å². The molecule has 162 valence electrons. The second kappa shape index (κ2) is 8.91. The Morgan fingerprint density at radius 1 is 1.23 bits per heavy atom. The molecule has 9 heteroatoms. The molecule has 0 unspecified atom stereocenters. The van der Waals surface area contributed by atoms with Crippen LogP contribution >= 0.6 is 11.3 Å². The molecule has 0 radical (unpaired) electrons. The molecule has 1 N–H and O–H groups in total. The van der Waals surface area contributed by atoms with E-state index >= 15 is 0 Å². The van der Waals surface area contributed by atoms with Crippen molar-refractivity contribution < 1.29 is 23.8 Å². The number of nitrogens with zero attached hydrogens (tertiary/aromatic N) is 2. The van der Waals surface area contributed by atoms with E-state index in [0.29, 0.717) is 36.1 Å². The fraction of sp³-hybridized carbons (Fsp3) is 0.476. The Kier molecular flexibility index (Phi) is 6.50. The van der Waals surface area contributed by atoms with Crippen molar-refractivity contribution in [1.29, 1.82) is 0 Å². The summed E-state index contributed by atoms with van der Waals surface area (Å²) in [5.74, 6) is 1.07. The zero-order valence-corrected chi connectivity index (χ0v) is 18.7.